The van der Waals surface area contributed by atoms with E-state index < -0.39 is 0 Å². The predicted molar refractivity (Wildman–Crippen MR) is 54.2 cm³/mol. The monoisotopic (exact) mass is 178 g/mol. The van der Waals surface area contributed by atoms with Crippen LogP contribution in [-0.4, -0.2) is 4.98 Å². The molecule has 2 heterocycles. The van der Waals surface area contributed by atoms with E-state index >= 15 is 0 Å². The fourth-order valence-electron chi connectivity index (χ4n) is 1.12. The lowest BCUT2D eigenvalue weighted by Crippen LogP contribution is -1.92. The third-order valence-electron chi connectivity index (χ3n) is 1.70. The third-order valence-corrected chi connectivity index (χ3v) is 3.62. The molecule has 0 spiro atoms. The number of nitrogens with zero attached hydrogens (tertiary/aromatic N) is 1. The van der Waals surface area contributed by atoms with E-state index in [4.69, 9.17) is 5.73 Å². The number of anilines is 1. The Morgan fingerprint density at radius 2 is 2.00 bits per heavy atom. The summed E-state index contributed by atoms with van der Waals surface area (Å²) in [6, 6.07) is 3.96. The number of aromatic nitrogens is 1. The van der Waals surface area contributed by atoms with Gasteiger partial charge in [0.1, 0.15) is 5.82 Å². The lowest BCUT2D eigenvalue weighted by Gasteiger charge is -2.11. The van der Waals surface area contributed by atoms with Crippen molar-refractivity contribution in [3.05, 3.63) is 41.3 Å². The highest BCUT2D eigenvalue weighted by atomic mass is 32.2. The van der Waals surface area contributed by atoms with Gasteiger partial charge in [-0.15, -0.1) is 0 Å². The summed E-state index contributed by atoms with van der Waals surface area (Å²) in [4.78, 5) is 5.20. The summed E-state index contributed by atoms with van der Waals surface area (Å²) in [6.45, 7) is 0. The second kappa shape index (κ2) is 3.03. The second-order valence-corrected chi connectivity index (χ2v) is 4.39. The standard InChI is InChI=1S/C9H10N2S/c10-9-8(4-3-5-11-9)12-6-1-2-7-12/h1-7,12H,(H2,10,11). The number of hydrogen-bond donors (Lipinski definition) is 2. The van der Waals surface area contributed by atoms with Crippen LogP contribution >= 0.6 is 10.9 Å². The van der Waals surface area contributed by atoms with Gasteiger partial charge in [-0.1, -0.05) is 12.2 Å². The molecule has 3 heteroatoms. The van der Waals surface area contributed by atoms with Crippen LogP contribution in [0.1, 0.15) is 0 Å². The molecule has 1 aliphatic rings. The van der Waals surface area contributed by atoms with Crippen LogP contribution in [-0.2, 0) is 0 Å². The molecule has 0 saturated carbocycles. The number of nitrogen functional groups attached to an aromatic ring is 1. The summed E-state index contributed by atoms with van der Waals surface area (Å²) in [7, 11) is -0.310. The van der Waals surface area contributed by atoms with E-state index in [1.54, 1.807) is 6.20 Å². The molecule has 1 aliphatic heterocycles. The van der Waals surface area contributed by atoms with Gasteiger partial charge in [-0.3, -0.25) is 0 Å². The average molecular weight is 178 g/mol. The van der Waals surface area contributed by atoms with Gasteiger partial charge in [0.25, 0.3) is 0 Å². The number of allylic oxidation sites excluding steroid dienone is 2. The fourth-order valence-corrected chi connectivity index (χ4v) is 2.69. The number of rotatable bonds is 1. The Hall–Kier alpha value is -1.22. The molecule has 0 aliphatic carbocycles. The summed E-state index contributed by atoms with van der Waals surface area (Å²) in [5.74, 6) is 0.653. The lowest BCUT2D eigenvalue weighted by molar-refractivity contribution is 1.25. The molecule has 2 N–H and O–H groups in total. The van der Waals surface area contributed by atoms with Crippen LogP contribution in [0.15, 0.2) is 46.2 Å². The van der Waals surface area contributed by atoms with Crippen LogP contribution in [0, 0.1) is 0 Å². The largest absolute Gasteiger partial charge is 0.383 e. The van der Waals surface area contributed by atoms with E-state index in [1.807, 2.05) is 12.1 Å². The molecule has 0 radical (unpaired) electrons. The molecular formula is C9H10N2S. The molecular weight excluding hydrogens is 168 g/mol. The molecule has 0 aromatic carbocycles. The minimum atomic E-state index is -0.310. The molecule has 2 rings (SSSR count). The Labute approximate surface area is 74.2 Å². The topological polar surface area (TPSA) is 38.9 Å². The first-order valence-corrected chi connectivity index (χ1v) is 5.20. The molecule has 12 heavy (non-hydrogen) atoms. The zero-order valence-corrected chi connectivity index (χ0v) is 7.41. The highest BCUT2D eigenvalue weighted by Gasteiger charge is 2.05. The Kier molecular flexibility index (Phi) is 1.87. The fraction of sp³-hybridized carbons (Fsp3) is 0. The number of nitrogens with two attached hydrogens (primary N) is 1. The molecule has 0 atom stereocenters. The summed E-state index contributed by atoms with van der Waals surface area (Å²) in [5.41, 5.74) is 5.74. The maximum Gasteiger partial charge on any atom is 0.135 e. The van der Waals surface area contributed by atoms with Crippen molar-refractivity contribution in [2.45, 2.75) is 4.90 Å². The maximum atomic E-state index is 5.74. The normalized spacial score (nSPS) is 17.2. The van der Waals surface area contributed by atoms with Gasteiger partial charge in [0.15, 0.2) is 0 Å². The van der Waals surface area contributed by atoms with Crippen molar-refractivity contribution < 1.29 is 0 Å². The van der Waals surface area contributed by atoms with E-state index in [-0.39, 0.29) is 10.9 Å². The van der Waals surface area contributed by atoms with Gasteiger partial charge in [-0.2, -0.15) is 10.9 Å². The zero-order chi connectivity index (χ0) is 8.39. The first-order chi connectivity index (χ1) is 5.88. The van der Waals surface area contributed by atoms with E-state index in [0.29, 0.717) is 5.82 Å². The molecule has 0 amide bonds. The van der Waals surface area contributed by atoms with Crippen molar-refractivity contribution in [2.75, 3.05) is 5.73 Å². The molecule has 2 nitrogen and oxygen atoms in total. The molecule has 62 valence electrons. The molecule has 1 aromatic rings. The van der Waals surface area contributed by atoms with Crippen molar-refractivity contribution in [3.8, 4) is 0 Å². The Morgan fingerprint density at radius 1 is 1.25 bits per heavy atom. The van der Waals surface area contributed by atoms with Crippen molar-refractivity contribution in [3.63, 3.8) is 0 Å². The van der Waals surface area contributed by atoms with Gasteiger partial charge in [-0.25, -0.2) is 4.98 Å². The van der Waals surface area contributed by atoms with Gasteiger partial charge in [0.2, 0.25) is 0 Å². The molecule has 0 bridgehead atoms. The van der Waals surface area contributed by atoms with Gasteiger partial charge >= 0.3 is 0 Å². The Balaban J connectivity index is 2.39. The first kappa shape index (κ1) is 7.43. The van der Waals surface area contributed by atoms with Gasteiger partial charge < -0.3 is 5.73 Å². The predicted octanol–water partition coefficient (Wildman–Crippen LogP) is 2.06. The highest BCUT2D eigenvalue weighted by molar-refractivity contribution is 8.22. The van der Waals surface area contributed by atoms with Gasteiger partial charge in [0, 0.05) is 11.1 Å². The quantitative estimate of drug-likeness (QED) is 0.646. The van der Waals surface area contributed by atoms with Crippen LogP contribution < -0.4 is 5.73 Å². The molecule has 1 aromatic heterocycles. The smallest absolute Gasteiger partial charge is 0.135 e. The van der Waals surface area contributed by atoms with E-state index in [9.17, 15) is 0 Å². The van der Waals surface area contributed by atoms with E-state index in [2.05, 4.69) is 28.0 Å². The summed E-state index contributed by atoms with van der Waals surface area (Å²) < 4.78 is 0. The van der Waals surface area contributed by atoms with Crippen LogP contribution in [0.3, 0.4) is 0 Å². The van der Waals surface area contributed by atoms with E-state index in [0.717, 1.165) is 4.90 Å². The van der Waals surface area contributed by atoms with Crippen molar-refractivity contribution in [2.24, 2.45) is 0 Å². The number of hydrogen-bond acceptors (Lipinski definition) is 2. The lowest BCUT2D eigenvalue weighted by atomic mass is 10.5. The number of thiol groups is 1. The SMILES string of the molecule is Nc1ncccc1[SH]1C=CC=C1. The Morgan fingerprint density at radius 3 is 2.67 bits per heavy atom. The highest BCUT2D eigenvalue weighted by Crippen LogP contribution is 2.43. The van der Waals surface area contributed by atoms with Crippen molar-refractivity contribution >= 4 is 16.7 Å². The van der Waals surface area contributed by atoms with Crippen LogP contribution in [0.4, 0.5) is 5.82 Å². The summed E-state index contributed by atoms with van der Waals surface area (Å²) in [6.07, 6.45) is 5.83. The first-order valence-electron chi connectivity index (χ1n) is 3.72. The van der Waals surface area contributed by atoms with Gasteiger partial charge in [-0.05, 0) is 22.9 Å². The minimum absolute atomic E-state index is 0.310. The second-order valence-electron chi connectivity index (χ2n) is 2.50. The maximum absolute atomic E-state index is 5.74. The molecule has 0 fully saturated rings. The third kappa shape index (κ3) is 1.23. The molecule has 0 saturated heterocycles. The van der Waals surface area contributed by atoms with Crippen LogP contribution in [0.25, 0.3) is 0 Å². The van der Waals surface area contributed by atoms with Gasteiger partial charge in [0.05, 0.1) is 0 Å². The zero-order valence-electron chi connectivity index (χ0n) is 6.51. The van der Waals surface area contributed by atoms with Crippen LogP contribution in [0.5, 0.6) is 0 Å². The molecule has 0 unspecified atom stereocenters. The van der Waals surface area contributed by atoms with E-state index in [1.165, 1.54) is 0 Å². The summed E-state index contributed by atoms with van der Waals surface area (Å²) >= 11 is 0. The van der Waals surface area contributed by atoms with Crippen LogP contribution in [0.2, 0.25) is 0 Å². The van der Waals surface area contributed by atoms with Crippen molar-refractivity contribution in [1.82, 2.24) is 4.98 Å². The number of pyridine rings is 1. The van der Waals surface area contributed by atoms with Crippen molar-refractivity contribution in [1.29, 1.82) is 0 Å². The Bertz CT molecular complexity index is 332. The summed E-state index contributed by atoms with van der Waals surface area (Å²) in [5, 5.41) is 4.34. The minimum Gasteiger partial charge on any atom is -0.383 e. The average Bonchev–Trinajstić information content (AvgIpc) is 2.57.